The van der Waals surface area contributed by atoms with Gasteiger partial charge >= 0.3 is 0 Å². The summed E-state index contributed by atoms with van der Waals surface area (Å²) in [6.07, 6.45) is 1.40. The van der Waals surface area contributed by atoms with Crippen LogP contribution in [0.3, 0.4) is 0 Å². The van der Waals surface area contributed by atoms with Crippen LogP contribution in [0.25, 0.3) is 17.4 Å². The van der Waals surface area contributed by atoms with Crippen molar-refractivity contribution in [1.29, 1.82) is 0 Å². The van der Waals surface area contributed by atoms with E-state index in [0.29, 0.717) is 16.9 Å². The van der Waals surface area contributed by atoms with Crippen LogP contribution in [-0.4, -0.2) is 25.9 Å². The summed E-state index contributed by atoms with van der Waals surface area (Å²) in [4.78, 5) is 46.9. The highest BCUT2D eigenvalue weighted by Crippen LogP contribution is 2.36. The molecule has 0 radical (unpaired) electrons. The standard InChI is InChI=1S/C21H12ClN3O7S/c22-17-9-14(25(30)31)4-6-16(17)18-7-5-15(32-18)10-19-20(26)23(21(27)33-19)11-12-2-1-3-13(8-12)24(28)29/h1-10H,11H2/b19-10+. The largest absolute Gasteiger partial charge is 0.457 e. The van der Waals surface area contributed by atoms with E-state index in [1.54, 1.807) is 18.2 Å². The number of thioether (sulfide) groups is 1. The first kappa shape index (κ1) is 22.2. The highest BCUT2D eigenvalue weighted by atomic mass is 35.5. The lowest BCUT2D eigenvalue weighted by Gasteiger charge is -2.12. The number of imide groups is 1. The van der Waals surface area contributed by atoms with Crippen molar-refractivity contribution in [2.45, 2.75) is 6.54 Å². The first-order valence-electron chi connectivity index (χ1n) is 9.26. The molecule has 0 unspecified atom stereocenters. The van der Waals surface area contributed by atoms with Crippen LogP contribution in [0.1, 0.15) is 11.3 Å². The van der Waals surface area contributed by atoms with Crippen molar-refractivity contribution in [1.82, 2.24) is 4.90 Å². The fraction of sp³-hybridized carbons (Fsp3) is 0.0476. The smallest absolute Gasteiger partial charge is 0.293 e. The fourth-order valence-corrected chi connectivity index (χ4v) is 4.20. The summed E-state index contributed by atoms with van der Waals surface area (Å²) in [5, 5.41) is 21.4. The third-order valence-corrected chi connectivity index (χ3v) is 5.88. The maximum atomic E-state index is 12.7. The maximum absolute atomic E-state index is 12.7. The van der Waals surface area contributed by atoms with Crippen LogP contribution in [0.5, 0.6) is 0 Å². The number of non-ortho nitro benzene ring substituents is 2. The second-order valence-corrected chi connectivity index (χ2v) is 8.22. The molecule has 3 aromatic rings. The van der Waals surface area contributed by atoms with E-state index in [1.807, 2.05) is 0 Å². The van der Waals surface area contributed by atoms with Gasteiger partial charge in [0.15, 0.2) is 0 Å². The zero-order valence-corrected chi connectivity index (χ0v) is 18.0. The molecule has 0 N–H and O–H groups in total. The molecular weight excluding hydrogens is 474 g/mol. The molecule has 0 spiro atoms. The fourth-order valence-electron chi connectivity index (χ4n) is 3.11. The summed E-state index contributed by atoms with van der Waals surface area (Å²) in [6.45, 7) is -0.106. The number of nitrogens with zero attached hydrogens (tertiary/aromatic N) is 3. The molecular formula is C21H12ClN3O7S. The number of nitro groups is 2. The Labute approximate surface area is 194 Å². The normalized spacial score (nSPS) is 14.8. The number of amides is 2. The monoisotopic (exact) mass is 485 g/mol. The van der Waals surface area contributed by atoms with Crippen molar-refractivity contribution < 1.29 is 23.9 Å². The summed E-state index contributed by atoms with van der Waals surface area (Å²) in [5.41, 5.74) is 0.581. The molecule has 12 heteroatoms. The van der Waals surface area contributed by atoms with Crippen LogP contribution in [-0.2, 0) is 11.3 Å². The van der Waals surface area contributed by atoms with E-state index >= 15 is 0 Å². The number of carbonyl (C=O) groups is 2. The highest BCUT2D eigenvalue weighted by molar-refractivity contribution is 8.18. The molecule has 2 amide bonds. The molecule has 1 saturated heterocycles. The van der Waals surface area contributed by atoms with Crippen LogP contribution in [0, 0.1) is 20.2 Å². The molecule has 1 fully saturated rings. The average molecular weight is 486 g/mol. The Hall–Kier alpha value is -3.96. The third-order valence-electron chi connectivity index (χ3n) is 4.66. The van der Waals surface area contributed by atoms with Gasteiger partial charge in [-0.1, -0.05) is 23.7 Å². The van der Waals surface area contributed by atoms with E-state index in [0.717, 1.165) is 16.7 Å². The second-order valence-electron chi connectivity index (χ2n) is 6.82. The molecule has 0 bridgehead atoms. The van der Waals surface area contributed by atoms with Gasteiger partial charge in [0, 0.05) is 35.9 Å². The van der Waals surface area contributed by atoms with Crippen molar-refractivity contribution in [3.63, 3.8) is 0 Å². The summed E-state index contributed by atoms with van der Waals surface area (Å²) >= 11 is 6.85. The number of benzene rings is 2. The first-order valence-corrected chi connectivity index (χ1v) is 10.5. The molecule has 10 nitrogen and oxygen atoms in total. The number of rotatable bonds is 6. The van der Waals surface area contributed by atoms with E-state index in [4.69, 9.17) is 16.0 Å². The Morgan fingerprint density at radius 2 is 1.73 bits per heavy atom. The van der Waals surface area contributed by atoms with Crippen LogP contribution in [0.15, 0.2) is 63.9 Å². The summed E-state index contributed by atoms with van der Waals surface area (Å²) < 4.78 is 5.69. The lowest BCUT2D eigenvalue weighted by molar-refractivity contribution is -0.385. The molecule has 0 saturated carbocycles. The molecule has 0 aliphatic carbocycles. The molecule has 1 aromatic heterocycles. The molecule has 33 heavy (non-hydrogen) atoms. The lowest BCUT2D eigenvalue weighted by atomic mass is 10.1. The Balaban J connectivity index is 1.54. The van der Waals surface area contributed by atoms with Gasteiger partial charge in [-0.2, -0.15) is 0 Å². The molecule has 0 atom stereocenters. The third kappa shape index (κ3) is 4.64. The van der Waals surface area contributed by atoms with Crippen molar-refractivity contribution in [3.05, 3.63) is 96.1 Å². The number of furan rings is 1. The van der Waals surface area contributed by atoms with E-state index in [1.165, 1.54) is 42.5 Å². The average Bonchev–Trinajstić information content (AvgIpc) is 3.34. The van der Waals surface area contributed by atoms with Crippen molar-refractivity contribution in [3.8, 4) is 11.3 Å². The molecule has 1 aliphatic rings. The van der Waals surface area contributed by atoms with Gasteiger partial charge in [0.1, 0.15) is 11.5 Å². The predicted molar refractivity (Wildman–Crippen MR) is 120 cm³/mol. The molecule has 4 rings (SSSR count). The molecule has 1 aliphatic heterocycles. The van der Waals surface area contributed by atoms with E-state index in [9.17, 15) is 29.8 Å². The van der Waals surface area contributed by atoms with Gasteiger partial charge in [0.05, 0.1) is 26.3 Å². The van der Waals surface area contributed by atoms with Gasteiger partial charge in [-0.15, -0.1) is 0 Å². The molecule has 2 heterocycles. The van der Waals surface area contributed by atoms with E-state index < -0.39 is 21.0 Å². The van der Waals surface area contributed by atoms with Crippen molar-refractivity contribution in [2.75, 3.05) is 0 Å². The van der Waals surface area contributed by atoms with Crippen LogP contribution < -0.4 is 0 Å². The number of carbonyl (C=O) groups excluding carboxylic acids is 2. The minimum absolute atomic E-state index is 0.106. The van der Waals surface area contributed by atoms with E-state index in [-0.39, 0.29) is 33.6 Å². The van der Waals surface area contributed by atoms with Gasteiger partial charge < -0.3 is 4.42 Å². The zero-order chi connectivity index (χ0) is 23.7. The maximum Gasteiger partial charge on any atom is 0.293 e. The van der Waals surface area contributed by atoms with Crippen LogP contribution in [0.2, 0.25) is 5.02 Å². The SMILES string of the molecule is O=C1S/C(=C/c2ccc(-c3ccc([N+](=O)[O-])cc3Cl)o2)C(=O)N1Cc1cccc([N+](=O)[O-])c1. The molecule has 2 aromatic carbocycles. The Morgan fingerprint density at radius 1 is 1.00 bits per heavy atom. The van der Waals surface area contributed by atoms with Gasteiger partial charge in [0.25, 0.3) is 22.5 Å². The summed E-state index contributed by atoms with van der Waals surface area (Å²) in [7, 11) is 0. The number of nitro benzene ring substituents is 2. The van der Waals surface area contributed by atoms with Crippen LogP contribution in [0.4, 0.5) is 16.2 Å². The van der Waals surface area contributed by atoms with Crippen molar-refractivity contribution in [2.24, 2.45) is 0 Å². The van der Waals surface area contributed by atoms with Gasteiger partial charge in [-0.3, -0.25) is 34.7 Å². The highest BCUT2D eigenvalue weighted by Gasteiger charge is 2.35. The topological polar surface area (TPSA) is 137 Å². The number of hydrogen-bond acceptors (Lipinski definition) is 8. The summed E-state index contributed by atoms with van der Waals surface area (Å²) in [6, 6.07) is 12.8. The van der Waals surface area contributed by atoms with Gasteiger partial charge in [-0.05, 0) is 35.5 Å². The zero-order valence-electron chi connectivity index (χ0n) is 16.5. The Bertz CT molecular complexity index is 1350. The minimum atomic E-state index is -0.563. The van der Waals surface area contributed by atoms with Crippen LogP contribution >= 0.6 is 23.4 Å². The Morgan fingerprint density at radius 3 is 2.42 bits per heavy atom. The summed E-state index contributed by atoms with van der Waals surface area (Å²) in [5.74, 6) is 0.0556. The lowest BCUT2D eigenvalue weighted by Crippen LogP contribution is -2.27. The second kappa shape index (κ2) is 8.88. The molecule has 166 valence electrons. The van der Waals surface area contributed by atoms with Crippen molar-refractivity contribution >= 4 is 52.0 Å². The number of hydrogen-bond donors (Lipinski definition) is 0. The van der Waals surface area contributed by atoms with Gasteiger partial charge in [-0.25, -0.2) is 0 Å². The van der Waals surface area contributed by atoms with E-state index in [2.05, 4.69) is 0 Å². The Kier molecular flexibility index (Phi) is 5.99. The van der Waals surface area contributed by atoms with Gasteiger partial charge in [0.2, 0.25) is 0 Å². The quantitative estimate of drug-likeness (QED) is 0.248. The minimum Gasteiger partial charge on any atom is -0.457 e. The predicted octanol–water partition coefficient (Wildman–Crippen LogP) is 5.65. The number of halogens is 1. The first-order chi connectivity index (χ1) is 15.7.